The molecule has 0 heterocycles. The van der Waals surface area contributed by atoms with E-state index in [1.807, 2.05) is 24.3 Å². The van der Waals surface area contributed by atoms with Crippen LogP contribution in [0.4, 0.5) is 0 Å². The Morgan fingerprint density at radius 1 is 1.09 bits per heavy atom. The van der Waals surface area contributed by atoms with E-state index >= 15 is 0 Å². The van der Waals surface area contributed by atoms with Gasteiger partial charge in [-0.15, -0.1) is 0 Å². The quantitative estimate of drug-likeness (QED) is 0.816. The summed E-state index contributed by atoms with van der Waals surface area (Å²) in [4.78, 5) is 12.2. The maximum Gasteiger partial charge on any atom is 0.220 e. The second kappa shape index (κ2) is 7.75. The van der Waals surface area contributed by atoms with Gasteiger partial charge in [0.25, 0.3) is 0 Å². The molecule has 2 aromatic rings. The number of aryl methyl sites for hydroxylation is 1. The molecule has 0 aliphatic rings. The van der Waals surface area contributed by atoms with E-state index in [0.29, 0.717) is 19.4 Å². The summed E-state index contributed by atoms with van der Waals surface area (Å²) >= 11 is 3.46. The molecule has 122 valence electrons. The predicted molar refractivity (Wildman–Crippen MR) is 93.9 cm³/mol. The summed E-state index contributed by atoms with van der Waals surface area (Å²) in [6.45, 7) is 0.388. The van der Waals surface area contributed by atoms with Crippen molar-refractivity contribution in [2.45, 2.75) is 24.3 Å². The van der Waals surface area contributed by atoms with Crippen LogP contribution in [0.15, 0.2) is 57.9 Å². The van der Waals surface area contributed by atoms with Gasteiger partial charge < -0.3 is 5.32 Å². The van der Waals surface area contributed by atoms with Crippen LogP contribution in [0.1, 0.15) is 17.5 Å². The number of amides is 1. The Balaban J connectivity index is 1.84. The Hall–Kier alpha value is -1.66. The van der Waals surface area contributed by atoms with Crippen molar-refractivity contribution in [2.24, 2.45) is 0 Å². The minimum absolute atomic E-state index is 0.0343. The van der Waals surface area contributed by atoms with Gasteiger partial charge in [0.05, 0.1) is 4.90 Å². The van der Waals surface area contributed by atoms with Crippen LogP contribution < -0.4 is 5.32 Å². The minimum atomic E-state index is -3.19. The molecular weight excluding hydrogens is 378 g/mol. The molecule has 0 aliphatic heterocycles. The maximum atomic E-state index is 11.9. The van der Waals surface area contributed by atoms with Gasteiger partial charge in [-0.1, -0.05) is 46.3 Å². The largest absolute Gasteiger partial charge is 0.352 e. The first-order valence-corrected chi connectivity index (χ1v) is 9.84. The zero-order valence-electron chi connectivity index (χ0n) is 12.8. The molecule has 0 radical (unpaired) electrons. The van der Waals surface area contributed by atoms with Crippen molar-refractivity contribution >= 4 is 31.7 Å². The number of sulfone groups is 1. The average Bonchev–Trinajstić information content (AvgIpc) is 2.51. The minimum Gasteiger partial charge on any atom is -0.352 e. The zero-order chi connectivity index (χ0) is 16.9. The van der Waals surface area contributed by atoms with Crippen LogP contribution in [0, 0.1) is 0 Å². The van der Waals surface area contributed by atoms with Crippen LogP contribution in [-0.2, 0) is 27.6 Å². The van der Waals surface area contributed by atoms with Gasteiger partial charge in [-0.3, -0.25) is 4.79 Å². The van der Waals surface area contributed by atoms with Gasteiger partial charge >= 0.3 is 0 Å². The number of benzene rings is 2. The molecule has 0 aliphatic carbocycles. The van der Waals surface area contributed by atoms with E-state index in [4.69, 9.17) is 0 Å². The smallest absolute Gasteiger partial charge is 0.220 e. The first-order valence-electron chi connectivity index (χ1n) is 7.15. The third-order valence-corrected chi connectivity index (χ3v) is 5.32. The Kier molecular flexibility index (Phi) is 5.96. The molecule has 0 aromatic heterocycles. The van der Waals surface area contributed by atoms with Crippen molar-refractivity contribution < 1.29 is 13.2 Å². The van der Waals surface area contributed by atoms with E-state index in [2.05, 4.69) is 21.2 Å². The third-order valence-electron chi connectivity index (χ3n) is 3.42. The van der Waals surface area contributed by atoms with Gasteiger partial charge in [-0.25, -0.2) is 8.42 Å². The molecule has 1 amide bonds. The van der Waals surface area contributed by atoms with Gasteiger partial charge in [-0.2, -0.15) is 0 Å². The lowest BCUT2D eigenvalue weighted by atomic mass is 10.1. The standard InChI is InChI=1S/C17H18BrNO3S/c1-23(21,22)15-9-6-13(7-10-15)12-19-17(20)11-8-14-4-2-3-5-16(14)18/h2-7,9-10H,8,11-12H2,1H3,(H,19,20). The highest BCUT2D eigenvalue weighted by molar-refractivity contribution is 9.10. The Bertz CT molecular complexity index is 786. The number of hydrogen-bond donors (Lipinski definition) is 1. The van der Waals surface area contributed by atoms with E-state index in [0.717, 1.165) is 15.6 Å². The topological polar surface area (TPSA) is 63.2 Å². The van der Waals surface area contributed by atoms with Gasteiger partial charge in [0.15, 0.2) is 9.84 Å². The van der Waals surface area contributed by atoms with Gasteiger partial charge in [0.1, 0.15) is 0 Å². The predicted octanol–water partition coefficient (Wildman–Crippen LogP) is 3.10. The second-order valence-electron chi connectivity index (χ2n) is 5.28. The maximum absolute atomic E-state index is 11.9. The number of carbonyl (C=O) groups excluding carboxylic acids is 1. The van der Waals surface area contributed by atoms with Crippen LogP contribution in [0.5, 0.6) is 0 Å². The first-order chi connectivity index (χ1) is 10.9. The summed E-state index contributed by atoms with van der Waals surface area (Å²) in [5, 5.41) is 2.84. The molecule has 0 saturated heterocycles. The Morgan fingerprint density at radius 3 is 2.35 bits per heavy atom. The first kappa shape index (κ1) is 17.7. The fourth-order valence-corrected chi connectivity index (χ4v) is 3.21. The van der Waals surface area contributed by atoms with E-state index in [1.165, 1.54) is 6.26 Å². The van der Waals surface area contributed by atoms with E-state index in [1.54, 1.807) is 24.3 Å². The molecule has 0 saturated carbocycles. The highest BCUT2D eigenvalue weighted by Crippen LogP contribution is 2.17. The van der Waals surface area contributed by atoms with Crippen molar-refractivity contribution in [1.82, 2.24) is 5.32 Å². The summed E-state index contributed by atoms with van der Waals surface area (Å²) in [7, 11) is -3.19. The number of carbonyl (C=O) groups is 1. The molecule has 0 bridgehead atoms. The fourth-order valence-electron chi connectivity index (χ4n) is 2.09. The molecular formula is C17H18BrNO3S. The Morgan fingerprint density at radius 2 is 1.74 bits per heavy atom. The number of halogens is 1. The lowest BCUT2D eigenvalue weighted by Gasteiger charge is -2.07. The van der Waals surface area contributed by atoms with E-state index < -0.39 is 9.84 Å². The molecule has 0 spiro atoms. The normalized spacial score (nSPS) is 11.2. The molecule has 4 nitrogen and oxygen atoms in total. The molecule has 2 rings (SSSR count). The van der Waals surface area contributed by atoms with Crippen LogP contribution in [0.25, 0.3) is 0 Å². The SMILES string of the molecule is CS(=O)(=O)c1ccc(CNC(=O)CCc2ccccc2Br)cc1. The zero-order valence-corrected chi connectivity index (χ0v) is 15.2. The Labute approximate surface area is 145 Å². The van der Waals surface area contributed by atoms with Gasteiger partial charge in [0, 0.05) is 23.7 Å². The third kappa shape index (κ3) is 5.48. The van der Waals surface area contributed by atoms with Crippen molar-refractivity contribution in [2.75, 3.05) is 6.26 Å². The van der Waals surface area contributed by atoms with Crippen molar-refractivity contribution in [3.8, 4) is 0 Å². The number of rotatable bonds is 6. The van der Waals surface area contributed by atoms with Crippen LogP contribution >= 0.6 is 15.9 Å². The molecule has 23 heavy (non-hydrogen) atoms. The molecule has 1 N–H and O–H groups in total. The molecule has 6 heteroatoms. The summed E-state index contributed by atoms with van der Waals surface area (Å²) in [6, 6.07) is 14.4. The van der Waals surface area contributed by atoms with Gasteiger partial charge in [-0.05, 0) is 35.7 Å². The molecule has 0 fully saturated rings. The fraction of sp³-hybridized carbons (Fsp3) is 0.235. The monoisotopic (exact) mass is 395 g/mol. The summed E-state index contributed by atoms with van der Waals surface area (Å²) < 4.78 is 23.8. The van der Waals surface area contributed by atoms with E-state index in [-0.39, 0.29) is 10.8 Å². The molecule has 0 unspecified atom stereocenters. The summed E-state index contributed by atoms with van der Waals surface area (Å²) in [5.74, 6) is -0.0343. The molecule has 2 aromatic carbocycles. The van der Waals surface area contributed by atoms with Crippen molar-refractivity contribution in [3.05, 3.63) is 64.1 Å². The van der Waals surface area contributed by atoms with Crippen LogP contribution in [0.3, 0.4) is 0 Å². The van der Waals surface area contributed by atoms with Crippen LogP contribution in [0.2, 0.25) is 0 Å². The van der Waals surface area contributed by atoms with Crippen LogP contribution in [-0.4, -0.2) is 20.6 Å². The highest BCUT2D eigenvalue weighted by Gasteiger charge is 2.07. The molecule has 0 atom stereocenters. The highest BCUT2D eigenvalue weighted by atomic mass is 79.9. The second-order valence-corrected chi connectivity index (χ2v) is 8.15. The van der Waals surface area contributed by atoms with Gasteiger partial charge in [0.2, 0.25) is 5.91 Å². The summed E-state index contributed by atoms with van der Waals surface area (Å²) in [6.07, 6.45) is 2.25. The number of nitrogens with one attached hydrogen (secondary N) is 1. The average molecular weight is 396 g/mol. The van der Waals surface area contributed by atoms with E-state index in [9.17, 15) is 13.2 Å². The van der Waals surface area contributed by atoms with Crippen molar-refractivity contribution in [3.63, 3.8) is 0 Å². The lowest BCUT2D eigenvalue weighted by molar-refractivity contribution is -0.121. The number of hydrogen-bond acceptors (Lipinski definition) is 3. The lowest BCUT2D eigenvalue weighted by Crippen LogP contribution is -2.23. The van der Waals surface area contributed by atoms with Crippen molar-refractivity contribution in [1.29, 1.82) is 0 Å². The summed E-state index contributed by atoms with van der Waals surface area (Å²) in [5.41, 5.74) is 1.96.